The van der Waals surface area contributed by atoms with Gasteiger partial charge in [0.15, 0.2) is 5.43 Å². The normalized spacial score (nSPS) is 10.8. The summed E-state index contributed by atoms with van der Waals surface area (Å²) >= 11 is 6.00. The van der Waals surface area contributed by atoms with Gasteiger partial charge in [-0.3, -0.25) is 4.79 Å². The Morgan fingerprint density at radius 2 is 2.00 bits per heavy atom. The summed E-state index contributed by atoms with van der Waals surface area (Å²) in [7, 11) is 0. The molecule has 0 unspecified atom stereocenters. The summed E-state index contributed by atoms with van der Waals surface area (Å²) in [6.07, 6.45) is 1.91. The Hall–Kier alpha value is -1.58. The minimum absolute atomic E-state index is 0.0753. The lowest BCUT2D eigenvalue weighted by atomic mass is 10.1. The Morgan fingerprint density at radius 3 is 2.65 bits per heavy atom. The highest BCUT2D eigenvalue weighted by atomic mass is 35.5. The molecule has 2 aromatic rings. The Bertz CT molecular complexity index is 677. The van der Waals surface area contributed by atoms with Crippen LogP contribution in [-0.4, -0.2) is 11.1 Å². The second kappa shape index (κ2) is 6.25. The van der Waals surface area contributed by atoms with Gasteiger partial charge in [-0.15, -0.1) is 0 Å². The topological polar surface area (TPSA) is 34.0 Å². The first-order chi connectivity index (χ1) is 9.52. The third kappa shape index (κ3) is 3.11. The average molecular weight is 291 g/mol. The van der Waals surface area contributed by atoms with Crippen molar-refractivity contribution in [1.82, 2.24) is 9.88 Å². The van der Waals surface area contributed by atoms with Crippen molar-refractivity contribution in [3.8, 4) is 5.69 Å². The quantitative estimate of drug-likeness (QED) is 0.938. The van der Waals surface area contributed by atoms with Crippen LogP contribution in [0.3, 0.4) is 0 Å². The monoisotopic (exact) mass is 290 g/mol. The maximum atomic E-state index is 12.0. The molecule has 0 saturated carbocycles. The molecular weight excluding hydrogens is 272 g/mol. The van der Waals surface area contributed by atoms with Gasteiger partial charge in [-0.05, 0) is 44.2 Å². The molecule has 0 saturated heterocycles. The van der Waals surface area contributed by atoms with Gasteiger partial charge in [0, 0.05) is 40.8 Å². The number of rotatable bonds is 4. The third-order valence-electron chi connectivity index (χ3n) is 3.31. The molecule has 0 aliphatic heterocycles. The summed E-state index contributed by atoms with van der Waals surface area (Å²) in [6.45, 7) is 7.40. The molecule has 0 radical (unpaired) electrons. The van der Waals surface area contributed by atoms with Crippen molar-refractivity contribution in [3.05, 3.63) is 62.5 Å². The van der Waals surface area contributed by atoms with Gasteiger partial charge in [-0.25, -0.2) is 0 Å². The van der Waals surface area contributed by atoms with Crippen LogP contribution < -0.4 is 10.7 Å². The first kappa shape index (κ1) is 14.8. The Balaban J connectivity index is 2.53. The van der Waals surface area contributed by atoms with Gasteiger partial charge in [0.25, 0.3) is 0 Å². The van der Waals surface area contributed by atoms with Gasteiger partial charge in [-0.1, -0.05) is 18.5 Å². The summed E-state index contributed by atoms with van der Waals surface area (Å²) in [6, 6.07) is 7.46. The summed E-state index contributed by atoms with van der Waals surface area (Å²) in [5.74, 6) is 0. The number of benzene rings is 1. The molecule has 0 atom stereocenters. The minimum Gasteiger partial charge on any atom is -0.320 e. The van der Waals surface area contributed by atoms with Crippen LogP contribution in [-0.2, 0) is 6.54 Å². The fraction of sp³-hybridized carbons (Fsp3) is 0.312. The lowest BCUT2D eigenvalue weighted by Crippen LogP contribution is -2.21. The fourth-order valence-electron chi connectivity index (χ4n) is 2.21. The number of nitrogens with zero attached hydrogens (tertiary/aromatic N) is 1. The number of nitrogens with one attached hydrogen (secondary N) is 1. The Kier molecular flexibility index (Phi) is 4.63. The zero-order chi connectivity index (χ0) is 14.7. The number of pyridine rings is 1. The largest absolute Gasteiger partial charge is 0.320 e. The SMILES string of the molecule is CCNCc1cn(-c2ccc(Cl)cc2C)c(C)cc1=O. The van der Waals surface area contributed by atoms with E-state index in [-0.39, 0.29) is 5.43 Å². The van der Waals surface area contributed by atoms with Crippen molar-refractivity contribution in [3.63, 3.8) is 0 Å². The van der Waals surface area contributed by atoms with Gasteiger partial charge in [-0.2, -0.15) is 0 Å². The highest BCUT2D eigenvalue weighted by Crippen LogP contribution is 2.20. The molecule has 0 aliphatic carbocycles. The second-order valence-electron chi connectivity index (χ2n) is 4.89. The van der Waals surface area contributed by atoms with Crippen LogP contribution in [0, 0.1) is 13.8 Å². The van der Waals surface area contributed by atoms with E-state index in [4.69, 9.17) is 11.6 Å². The molecule has 1 aromatic carbocycles. The molecule has 0 fully saturated rings. The maximum Gasteiger partial charge on any atom is 0.186 e. The molecule has 1 aromatic heterocycles. The lowest BCUT2D eigenvalue weighted by Gasteiger charge is -2.15. The van der Waals surface area contributed by atoms with E-state index in [1.54, 1.807) is 6.07 Å². The van der Waals surface area contributed by atoms with Crippen LogP contribution in [0.4, 0.5) is 0 Å². The van der Waals surface area contributed by atoms with Gasteiger partial charge in [0.2, 0.25) is 0 Å². The minimum atomic E-state index is 0.0753. The molecule has 20 heavy (non-hydrogen) atoms. The highest BCUT2D eigenvalue weighted by Gasteiger charge is 2.07. The summed E-state index contributed by atoms with van der Waals surface area (Å²) in [5, 5.41) is 3.91. The van der Waals surface area contributed by atoms with Gasteiger partial charge >= 0.3 is 0 Å². The van der Waals surface area contributed by atoms with Crippen molar-refractivity contribution in [2.24, 2.45) is 0 Å². The molecule has 4 heteroatoms. The molecule has 0 aliphatic rings. The molecule has 2 rings (SSSR count). The first-order valence-corrected chi connectivity index (χ1v) is 7.10. The molecule has 106 valence electrons. The smallest absolute Gasteiger partial charge is 0.186 e. The lowest BCUT2D eigenvalue weighted by molar-refractivity contribution is 0.715. The summed E-state index contributed by atoms with van der Waals surface area (Å²) in [4.78, 5) is 12.0. The van der Waals surface area contributed by atoms with Crippen molar-refractivity contribution in [2.75, 3.05) is 6.54 Å². The first-order valence-electron chi connectivity index (χ1n) is 6.72. The molecule has 0 spiro atoms. The maximum absolute atomic E-state index is 12.0. The van der Waals surface area contributed by atoms with E-state index < -0.39 is 0 Å². The number of aryl methyl sites for hydroxylation is 2. The standard InChI is InChI=1S/C16H19ClN2O/c1-4-18-9-13-10-19(12(3)8-16(13)20)15-6-5-14(17)7-11(15)2/h5-8,10,18H,4,9H2,1-3H3. The van der Waals surface area contributed by atoms with Gasteiger partial charge < -0.3 is 9.88 Å². The van der Waals surface area contributed by atoms with Crippen molar-refractivity contribution < 1.29 is 0 Å². The molecule has 0 bridgehead atoms. The van der Waals surface area contributed by atoms with E-state index in [0.29, 0.717) is 6.54 Å². The number of hydrogen-bond donors (Lipinski definition) is 1. The van der Waals surface area contributed by atoms with Gasteiger partial charge in [0.1, 0.15) is 0 Å². The van der Waals surface area contributed by atoms with Crippen LogP contribution in [0.5, 0.6) is 0 Å². The Labute approximate surface area is 124 Å². The predicted molar refractivity (Wildman–Crippen MR) is 83.9 cm³/mol. The van der Waals surface area contributed by atoms with Crippen molar-refractivity contribution in [1.29, 1.82) is 0 Å². The van der Waals surface area contributed by atoms with E-state index in [1.165, 1.54) is 0 Å². The van der Waals surface area contributed by atoms with Crippen LogP contribution >= 0.6 is 11.6 Å². The van der Waals surface area contributed by atoms with E-state index in [0.717, 1.165) is 34.1 Å². The van der Waals surface area contributed by atoms with Crippen LogP contribution in [0.15, 0.2) is 35.3 Å². The third-order valence-corrected chi connectivity index (χ3v) is 3.54. The zero-order valence-corrected chi connectivity index (χ0v) is 12.8. The van der Waals surface area contributed by atoms with Crippen LogP contribution in [0.2, 0.25) is 5.02 Å². The van der Waals surface area contributed by atoms with E-state index in [9.17, 15) is 4.79 Å². The average Bonchev–Trinajstić information content (AvgIpc) is 2.39. The predicted octanol–water partition coefficient (Wildman–Crippen LogP) is 3.22. The molecule has 0 amide bonds. The molecule has 1 N–H and O–H groups in total. The van der Waals surface area contributed by atoms with Crippen LogP contribution in [0.1, 0.15) is 23.7 Å². The zero-order valence-electron chi connectivity index (χ0n) is 12.0. The van der Waals surface area contributed by atoms with E-state index in [2.05, 4.69) is 5.32 Å². The molecule has 1 heterocycles. The summed E-state index contributed by atoms with van der Waals surface area (Å²) < 4.78 is 2.04. The molecule has 3 nitrogen and oxygen atoms in total. The van der Waals surface area contributed by atoms with E-state index in [1.807, 2.05) is 49.7 Å². The fourth-order valence-corrected chi connectivity index (χ4v) is 2.44. The summed E-state index contributed by atoms with van der Waals surface area (Å²) in [5.41, 5.74) is 3.89. The van der Waals surface area contributed by atoms with Crippen molar-refractivity contribution in [2.45, 2.75) is 27.3 Å². The molecular formula is C16H19ClN2O. The van der Waals surface area contributed by atoms with Crippen molar-refractivity contribution >= 4 is 11.6 Å². The number of hydrogen-bond acceptors (Lipinski definition) is 2. The number of aromatic nitrogens is 1. The van der Waals surface area contributed by atoms with Gasteiger partial charge in [0.05, 0.1) is 0 Å². The number of halogens is 1. The highest BCUT2D eigenvalue weighted by molar-refractivity contribution is 6.30. The van der Waals surface area contributed by atoms with Crippen LogP contribution in [0.25, 0.3) is 5.69 Å². The Morgan fingerprint density at radius 1 is 1.25 bits per heavy atom. The second-order valence-corrected chi connectivity index (χ2v) is 5.32. The van der Waals surface area contributed by atoms with E-state index >= 15 is 0 Å².